The minimum atomic E-state index is 0.651. The Balaban J connectivity index is 1.61. The molecule has 0 bridgehead atoms. The van der Waals surface area contributed by atoms with Crippen molar-refractivity contribution in [1.82, 2.24) is 10.6 Å². The van der Waals surface area contributed by atoms with Crippen molar-refractivity contribution >= 4 is 0 Å². The second-order valence-electron chi connectivity index (χ2n) is 5.45. The fourth-order valence-electron chi connectivity index (χ4n) is 3.01. The molecule has 2 N–H and O–H groups in total. The molecule has 1 aromatic carbocycles. The molecule has 0 amide bonds. The first-order valence-corrected chi connectivity index (χ1v) is 6.90. The standard InChI is InChI=1S/C15H22N2/c1-2-11-7-15(11)17-10-13-9-16-8-12-5-3-4-6-14(12)13/h3-6,11,13,15-17H,2,7-10H2,1H3. The molecule has 1 aliphatic carbocycles. The molecule has 2 aliphatic rings. The molecule has 3 atom stereocenters. The van der Waals surface area contributed by atoms with Gasteiger partial charge >= 0.3 is 0 Å². The van der Waals surface area contributed by atoms with E-state index in [2.05, 4.69) is 41.8 Å². The second-order valence-corrected chi connectivity index (χ2v) is 5.45. The molecular formula is C15H22N2. The maximum atomic E-state index is 3.73. The van der Waals surface area contributed by atoms with E-state index >= 15 is 0 Å². The van der Waals surface area contributed by atoms with Crippen LogP contribution in [0.2, 0.25) is 0 Å². The lowest BCUT2D eigenvalue weighted by atomic mass is 9.91. The lowest BCUT2D eigenvalue weighted by Crippen LogP contribution is -2.35. The lowest BCUT2D eigenvalue weighted by molar-refractivity contribution is 0.493. The Morgan fingerprint density at radius 2 is 2.24 bits per heavy atom. The first kappa shape index (κ1) is 11.2. The average molecular weight is 230 g/mol. The third-order valence-corrected chi connectivity index (χ3v) is 4.27. The van der Waals surface area contributed by atoms with E-state index < -0.39 is 0 Å². The van der Waals surface area contributed by atoms with E-state index in [4.69, 9.17) is 0 Å². The minimum Gasteiger partial charge on any atom is -0.313 e. The number of hydrogen-bond acceptors (Lipinski definition) is 2. The zero-order valence-electron chi connectivity index (χ0n) is 10.6. The minimum absolute atomic E-state index is 0.651. The van der Waals surface area contributed by atoms with Crippen LogP contribution in [0.1, 0.15) is 36.8 Å². The van der Waals surface area contributed by atoms with Crippen LogP contribution < -0.4 is 10.6 Å². The Kier molecular flexibility index (Phi) is 3.17. The highest BCUT2D eigenvalue weighted by atomic mass is 15.0. The van der Waals surface area contributed by atoms with Gasteiger partial charge in [0.2, 0.25) is 0 Å². The van der Waals surface area contributed by atoms with E-state index in [1.165, 1.54) is 18.4 Å². The summed E-state index contributed by atoms with van der Waals surface area (Å²) in [4.78, 5) is 0. The number of nitrogens with one attached hydrogen (secondary N) is 2. The van der Waals surface area contributed by atoms with Gasteiger partial charge in [0.05, 0.1) is 0 Å². The Morgan fingerprint density at radius 3 is 3.06 bits per heavy atom. The zero-order valence-corrected chi connectivity index (χ0v) is 10.6. The first-order valence-electron chi connectivity index (χ1n) is 6.90. The summed E-state index contributed by atoms with van der Waals surface area (Å²) in [5.74, 6) is 1.60. The molecule has 2 nitrogen and oxygen atoms in total. The third-order valence-electron chi connectivity index (χ3n) is 4.27. The fourth-order valence-corrected chi connectivity index (χ4v) is 3.01. The highest BCUT2D eigenvalue weighted by Crippen LogP contribution is 2.33. The summed E-state index contributed by atoms with van der Waals surface area (Å²) in [6.45, 7) is 5.58. The normalized spacial score (nSPS) is 31.0. The number of fused-ring (bicyclic) bond motifs is 1. The van der Waals surface area contributed by atoms with Gasteiger partial charge in [0.15, 0.2) is 0 Å². The monoisotopic (exact) mass is 230 g/mol. The molecule has 0 spiro atoms. The molecule has 3 rings (SSSR count). The van der Waals surface area contributed by atoms with Crippen LogP contribution in [0.5, 0.6) is 0 Å². The summed E-state index contributed by atoms with van der Waals surface area (Å²) in [7, 11) is 0. The van der Waals surface area contributed by atoms with E-state index in [1.54, 1.807) is 5.56 Å². The van der Waals surface area contributed by atoms with Gasteiger partial charge in [-0.2, -0.15) is 0 Å². The average Bonchev–Trinajstić information content (AvgIpc) is 3.15. The van der Waals surface area contributed by atoms with Crippen molar-refractivity contribution in [2.75, 3.05) is 13.1 Å². The number of benzene rings is 1. The van der Waals surface area contributed by atoms with Crippen LogP contribution in [-0.4, -0.2) is 19.1 Å². The van der Waals surface area contributed by atoms with Crippen LogP contribution in [0.15, 0.2) is 24.3 Å². The van der Waals surface area contributed by atoms with Crippen LogP contribution in [0.4, 0.5) is 0 Å². The van der Waals surface area contributed by atoms with Crippen molar-refractivity contribution in [3.05, 3.63) is 35.4 Å². The number of hydrogen-bond donors (Lipinski definition) is 2. The van der Waals surface area contributed by atoms with Crippen molar-refractivity contribution in [1.29, 1.82) is 0 Å². The molecule has 0 aromatic heterocycles. The van der Waals surface area contributed by atoms with Crippen molar-refractivity contribution in [3.8, 4) is 0 Å². The Bertz CT molecular complexity index is 388. The Labute approximate surface area is 104 Å². The van der Waals surface area contributed by atoms with Crippen molar-refractivity contribution in [2.45, 2.75) is 38.3 Å². The van der Waals surface area contributed by atoms with E-state index in [0.29, 0.717) is 5.92 Å². The van der Waals surface area contributed by atoms with E-state index in [-0.39, 0.29) is 0 Å². The SMILES string of the molecule is CCC1CC1NCC1CNCc2ccccc21. The van der Waals surface area contributed by atoms with Crippen LogP contribution in [0, 0.1) is 5.92 Å². The van der Waals surface area contributed by atoms with E-state index in [9.17, 15) is 0 Å². The van der Waals surface area contributed by atoms with Crippen molar-refractivity contribution < 1.29 is 0 Å². The summed E-state index contributed by atoms with van der Waals surface area (Å²) >= 11 is 0. The molecule has 1 heterocycles. The molecule has 1 aromatic rings. The summed E-state index contributed by atoms with van der Waals surface area (Å²) in [5, 5.41) is 7.25. The maximum Gasteiger partial charge on any atom is 0.0208 e. The van der Waals surface area contributed by atoms with Crippen molar-refractivity contribution in [2.24, 2.45) is 5.92 Å². The molecule has 1 saturated carbocycles. The molecule has 1 fully saturated rings. The predicted octanol–water partition coefficient (Wildman–Crippen LogP) is 2.26. The number of rotatable bonds is 4. The van der Waals surface area contributed by atoms with Gasteiger partial charge in [-0.25, -0.2) is 0 Å². The molecule has 1 aliphatic heterocycles. The van der Waals surface area contributed by atoms with E-state index in [1.807, 2.05) is 0 Å². The van der Waals surface area contributed by atoms with Gasteiger partial charge in [-0.15, -0.1) is 0 Å². The van der Waals surface area contributed by atoms with Crippen LogP contribution >= 0.6 is 0 Å². The molecule has 0 radical (unpaired) electrons. The van der Waals surface area contributed by atoms with E-state index in [0.717, 1.165) is 31.6 Å². The molecule has 2 heteroatoms. The molecule has 17 heavy (non-hydrogen) atoms. The molecule has 3 unspecified atom stereocenters. The van der Waals surface area contributed by atoms with Gasteiger partial charge in [-0.05, 0) is 23.5 Å². The maximum absolute atomic E-state index is 3.73. The van der Waals surface area contributed by atoms with Gasteiger partial charge in [0, 0.05) is 31.6 Å². The summed E-state index contributed by atoms with van der Waals surface area (Å²) in [6.07, 6.45) is 2.72. The topological polar surface area (TPSA) is 24.1 Å². The van der Waals surface area contributed by atoms with Crippen LogP contribution in [0.25, 0.3) is 0 Å². The Hall–Kier alpha value is -0.860. The molecular weight excluding hydrogens is 208 g/mol. The Morgan fingerprint density at radius 1 is 1.35 bits per heavy atom. The van der Waals surface area contributed by atoms with Gasteiger partial charge in [-0.3, -0.25) is 0 Å². The van der Waals surface area contributed by atoms with Gasteiger partial charge < -0.3 is 10.6 Å². The molecule has 0 saturated heterocycles. The quantitative estimate of drug-likeness (QED) is 0.829. The summed E-state index contributed by atoms with van der Waals surface area (Å²) < 4.78 is 0. The summed E-state index contributed by atoms with van der Waals surface area (Å²) in [5.41, 5.74) is 3.03. The second kappa shape index (κ2) is 4.79. The van der Waals surface area contributed by atoms with Gasteiger partial charge in [-0.1, -0.05) is 37.6 Å². The molecule has 92 valence electrons. The lowest BCUT2D eigenvalue weighted by Gasteiger charge is -2.26. The van der Waals surface area contributed by atoms with Crippen molar-refractivity contribution in [3.63, 3.8) is 0 Å². The highest BCUT2D eigenvalue weighted by Gasteiger charge is 2.35. The largest absolute Gasteiger partial charge is 0.313 e. The zero-order chi connectivity index (χ0) is 11.7. The smallest absolute Gasteiger partial charge is 0.0208 e. The van der Waals surface area contributed by atoms with Crippen LogP contribution in [0.3, 0.4) is 0 Å². The van der Waals surface area contributed by atoms with Gasteiger partial charge in [0.25, 0.3) is 0 Å². The van der Waals surface area contributed by atoms with Crippen LogP contribution in [-0.2, 0) is 6.54 Å². The third kappa shape index (κ3) is 2.38. The fraction of sp³-hybridized carbons (Fsp3) is 0.600. The summed E-state index contributed by atoms with van der Waals surface area (Å²) in [6, 6.07) is 9.66. The predicted molar refractivity (Wildman–Crippen MR) is 71.1 cm³/mol. The highest BCUT2D eigenvalue weighted by molar-refractivity contribution is 5.33. The first-order chi connectivity index (χ1) is 8.38. The van der Waals surface area contributed by atoms with Gasteiger partial charge in [0.1, 0.15) is 0 Å².